The Hall–Kier alpha value is -7.19. The standard InChI is InChI=1S/C54H37N2OP/c57-58(43-20-6-2-7-21-43,44-22-8-3-9-23-44)45-33-30-38(31-34-45)39-32-35-48-47-24-10-12-27-50(47)56(53(48)37-39)42-19-14-16-40(36-42)46-26-15-29-52-54(46)49-25-11-13-28-51(49)55(52)41-17-4-1-5-18-41/h1-37H. The topological polar surface area (TPSA) is 26.9 Å². The molecule has 0 atom stereocenters. The highest BCUT2D eigenvalue weighted by Crippen LogP contribution is 2.44. The molecule has 58 heavy (non-hydrogen) atoms. The molecule has 2 aromatic heterocycles. The fraction of sp³-hybridized carbons (Fsp3) is 0. The van der Waals surface area contributed by atoms with Crippen molar-refractivity contribution in [3.63, 3.8) is 0 Å². The number of nitrogens with zero attached hydrogens (tertiary/aromatic N) is 2. The lowest BCUT2D eigenvalue weighted by Crippen LogP contribution is -2.24. The van der Waals surface area contributed by atoms with Gasteiger partial charge in [0.15, 0.2) is 7.14 Å². The summed E-state index contributed by atoms with van der Waals surface area (Å²) in [6.45, 7) is 0. The Morgan fingerprint density at radius 3 is 1.52 bits per heavy atom. The van der Waals surface area contributed by atoms with Crippen molar-refractivity contribution in [3.05, 3.63) is 224 Å². The van der Waals surface area contributed by atoms with Gasteiger partial charge in [0.05, 0.1) is 22.1 Å². The van der Waals surface area contributed by atoms with Crippen LogP contribution in [-0.2, 0) is 4.57 Å². The molecule has 0 unspecified atom stereocenters. The van der Waals surface area contributed by atoms with Crippen LogP contribution in [0, 0.1) is 0 Å². The summed E-state index contributed by atoms with van der Waals surface area (Å²) in [6.07, 6.45) is 0. The Kier molecular flexibility index (Phi) is 8.10. The van der Waals surface area contributed by atoms with Crippen LogP contribution in [0.5, 0.6) is 0 Å². The highest BCUT2D eigenvalue weighted by Gasteiger charge is 2.29. The van der Waals surface area contributed by atoms with Gasteiger partial charge in [0.1, 0.15) is 0 Å². The summed E-state index contributed by atoms with van der Waals surface area (Å²) < 4.78 is 19.8. The lowest BCUT2D eigenvalue weighted by molar-refractivity contribution is 0.592. The normalized spacial score (nSPS) is 11.9. The number of hydrogen-bond donors (Lipinski definition) is 0. The van der Waals surface area contributed by atoms with E-state index in [9.17, 15) is 0 Å². The first-order valence-electron chi connectivity index (χ1n) is 19.7. The first-order chi connectivity index (χ1) is 28.7. The smallest absolute Gasteiger partial charge is 0.171 e. The van der Waals surface area contributed by atoms with Gasteiger partial charge in [-0.1, -0.05) is 176 Å². The van der Waals surface area contributed by atoms with Gasteiger partial charge in [0, 0.05) is 48.8 Å². The average Bonchev–Trinajstić information content (AvgIpc) is 3.82. The van der Waals surface area contributed by atoms with E-state index < -0.39 is 7.14 Å². The molecule has 9 aromatic carbocycles. The Morgan fingerprint density at radius 1 is 0.310 bits per heavy atom. The highest BCUT2D eigenvalue weighted by atomic mass is 31.2. The third-order valence-corrected chi connectivity index (χ3v) is 14.7. The van der Waals surface area contributed by atoms with E-state index in [1.165, 1.54) is 38.1 Å². The maximum Gasteiger partial charge on any atom is 0.171 e. The maximum absolute atomic E-state index is 15.1. The van der Waals surface area contributed by atoms with Crippen LogP contribution in [0.4, 0.5) is 0 Å². The lowest BCUT2D eigenvalue weighted by Gasteiger charge is -2.20. The molecule has 11 aromatic rings. The van der Waals surface area contributed by atoms with Crippen molar-refractivity contribution >= 4 is 66.7 Å². The van der Waals surface area contributed by atoms with Gasteiger partial charge in [-0.2, -0.15) is 0 Å². The van der Waals surface area contributed by atoms with Gasteiger partial charge in [-0.15, -0.1) is 0 Å². The number of rotatable bonds is 7. The van der Waals surface area contributed by atoms with E-state index in [0.29, 0.717) is 0 Å². The van der Waals surface area contributed by atoms with E-state index in [-0.39, 0.29) is 0 Å². The minimum Gasteiger partial charge on any atom is -0.309 e. The fourth-order valence-electron chi connectivity index (χ4n) is 8.94. The summed E-state index contributed by atoms with van der Waals surface area (Å²) in [5.41, 5.74) is 11.5. The van der Waals surface area contributed by atoms with Crippen LogP contribution in [0.25, 0.3) is 77.2 Å². The fourth-order valence-corrected chi connectivity index (χ4v) is 11.6. The van der Waals surface area contributed by atoms with E-state index in [4.69, 9.17) is 0 Å². The molecule has 0 N–H and O–H groups in total. The van der Waals surface area contributed by atoms with Gasteiger partial charge >= 0.3 is 0 Å². The van der Waals surface area contributed by atoms with Gasteiger partial charge in [0.25, 0.3) is 0 Å². The highest BCUT2D eigenvalue weighted by molar-refractivity contribution is 7.85. The predicted octanol–water partition coefficient (Wildman–Crippen LogP) is 12.9. The minimum absolute atomic E-state index is 0.822. The van der Waals surface area contributed by atoms with Gasteiger partial charge in [-0.25, -0.2) is 0 Å². The second-order valence-corrected chi connectivity index (χ2v) is 17.6. The zero-order valence-electron chi connectivity index (χ0n) is 31.6. The molecule has 0 bridgehead atoms. The van der Waals surface area contributed by atoms with Crippen LogP contribution < -0.4 is 15.9 Å². The zero-order chi connectivity index (χ0) is 38.6. The third-order valence-electron chi connectivity index (χ3n) is 11.6. The van der Waals surface area contributed by atoms with Gasteiger partial charge in [-0.3, -0.25) is 0 Å². The number of benzene rings is 9. The molecular formula is C54H37N2OP. The molecule has 274 valence electrons. The van der Waals surface area contributed by atoms with E-state index in [2.05, 4.69) is 173 Å². The number of para-hydroxylation sites is 3. The molecule has 2 heterocycles. The van der Waals surface area contributed by atoms with Crippen molar-refractivity contribution in [2.24, 2.45) is 0 Å². The average molecular weight is 761 g/mol. The first kappa shape index (κ1) is 34.1. The summed E-state index contributed by atoms with van der Waals surface area (Å²) >= 11 is 0. The van der Waals surface area contributed by atoms with Crippen LogP contribution in [0.1, 0.15) is 0 Å². The summed E-state index contributed by atoms with van der Waals surface area (Å²) in [5.74, 6) is 0. The molecule has 4 heteroatoms. The van der Waals surface area contributed by atoms with Crippen LogP contribution in [0.15, 0.2) is 224 Å². The molecule has 0 spiro atoms. The molecule has 0 aliphatic heterocycles. The van der Waals surface area contributed by atoms with Gasteiger partial charge in [0.2, 0.25) is 0 Å². The second-order valence-electron chi connectivity index (χ2n) is 14.8. The quantitative estimate of drug-likeness (QED) is 0.149. The molecular weight excluding hydrogens is 724 g/mol. The molecule has 0 saturated carbocycles. The molecule has 0 aliphatic rings. The zero-order valence-corrected chi connectivity index (χ0v) is 32.5. The van der Waals surface area contributed by atoms with Gasteiger partial charge < -0.3 is 13.7 Å². The Bertz CT molecular complexity index is 3300. The largest absolute Gasteiger partial charge is 0.309 e. The number of hydrogen-bond acceptors (Lipinski definition) is 1. The molecule has 11 rings (SSSR count). The van der Waals surface area contributed by atoms with Gasteiger partial charge in [-0.05, 0) is 70.8 Å². The molecule has 0 fully saturated rings. The van der Waals surface area contributed by atoms with E-state index >= 15 is 4.57 Å². The Balaban J connectivity index is 1.05. The molecule has 0 amide bonds. The van der Waals surface area contributed by atoms with Crippen molar-refractivity contribution < 1.29 is 4.57 Å². The van der Waals surface area contributed by atoms with Crippen molar-refractivity contribution in [1.29, 1.82) is 0 Å². The van der Waals surface area contributed by atoms with Crippen LogP contribution in [-0.4, -0.2) is 9.13 Å². The maximum atomic E-state index is 15.1. The summed E-state index contributed by atoms with van der Waals surface area (Å²) in [6, 6.07) is 78.5. The third kappa shape index (κ3) is 5.39. The van der Waals surface area contributed by atoms with Crippen molar-refractivity contribution in [1.82, 2.24) is 9.13 Å². The summed E-state index contributed by atoms with van der Waals surface area (Å²) in [5, 5.41) is 7.38. The van der Waals surface area contributed by atoms with Crippen LogP contribution in [0.3, 0.4) is 0 Å². The van der Waals surface area contributed by atoms with Crippen molar-refractivity contribution in [3.8, 4) is 33.6 Å². The van der Waals surface area contributed by atoms with E-state index in [0.717, 1.165) is 55.0 Å². The number of aromatic nitrogens is 2. The molecule has 0 radical (unpaired) electrons. The monoisotopic (exact) mass is 760 g/mol. The van der Waals surface area contributed by atoms with Crippen LogP contribution >= 0.6 is 7.14 Å². The van der Waals surface area contributed by atoms with E-state index in [1.54, 1.807) is 0 Å². The Labute approximate surface area is 337 Å². The molecule has 0 aliphatic carbocycles. The van der Waals surface area contributed by atoms with Crippen molar-refractivity contribution in [2.75, 3.05) is 0 Å². The summed E-state index contributed by atoms with van der Waals surface area (Å²) in [4.78, 5) is 0. The van der Waals surface area contributed by atoms with Crippen molar-refractivity contribution in [2.45, 2.75) is 0 Å². The molecule has 3 nitrogen and oxygen atoms in total. The predicted molar refractivity (Wildman–Crippen MR) is 245 cm³/mol. The lowest BCUT2D eigenvalue weighted by atomic mass is 9.99. The number of fused-ring (bicyclic) bond motifs is 6. The van der Waals surface area contributed by atoms with Crippen LogP contribution in [0.2, 0.25) is 0 Å². The minimum atomic E-state index is -3.07. The van der Waals surface area contributed by atoms with E-state index in [1.807, 2.05) is 60.7 Å². The second kappa shape index (κ2) is 13.8. The SMILES string of the molecule is O=P(c1ccccc1)(c1ccccc1)c1ccc(-c2ccc3c4ccccc4n(-c4cccc(-c5cccc6c5c5ccccc5n6-c5ccccc5)c4)c3c2)cc1. The Morgan fingerprint density at radius 2 is 0.810 bits per heavy atom. The first-order valence-corrected chi connectivity index (χ1v) is 21.4. The summed E-state index contributed by atoms with van der Waals surface area (Å²) in [7, 11) is -3.07. The molecule has 0 saturated heterocycles.